The third-order valence-corrected chi connectivity index (χ3v) is 3.39. The highest BCUT2D eigenvalue weighted by Crippen LogP contribution is 2.20. The highest BCUT2D eigenvalue weighted by atomic mass is 14.1. The van der Waals surface area contributed by atoms with Crippen LogP contribution in [0.2, 0.25) is 0 Å². The molecule has 0 heteroatoms. The minimum absolute atomic E-state index is 1.21. The van der Waals surface area contributed by atoms with Crippen LogP contribution in [0.15, 0.2) is 54.6 Å². The van der Waals surface area contributed by atoms with Gasteiger partial charge < -0.3 is 0 Å². The molecule has 0 saturated carbocycles. The van der Waals surface area contributed by atoms with Crippen molar-refractivity contribution in [2.24, 2.45) is 0 Å². The van der Waals surface area contributed by atoms with Crippen LogP contribution in [0, 0.1) is 0 Å². The summed E-state index contributed by atoms with van der Waals surface area (Å²) in [6.45, 7) is 2.20. The van der Waals surface area contributed by atoms with E-state index in [1.165, 1.54) is 37.7 Å². The molecule has 18 heavy (non-hydrogen) atoms. The third kappa shape index (κ3) is 3.73. The number of hydrogen-bond acceptors (Lipinski definition) is 0. The molecule has 0 spiro atoms. The van der Waals surface area contributed by atoms with Crippen molar-refractivity contribution in [3.8, 4) is 0 Å². The standard InChI is InChI=1S/C9H10.C9H12/c1-2-5-9-7-3-6-8(9)4-1;1-2-6-9-7-4-3-5-8-9/h1-2,4-5H,3,6-7H2;3-5,7-8H,2,6H2,1H3. The van der Waals surface area contributed by atoms with Crippen molar-refractivity contribution < 1.29 is 0 Å². The van der Waals surface area contributed by atoms with Crippen molar-refractivity contribution in [2.45, 2.75) is 39.0 Å². The van der Waals surface area contributed by atoms with Gasteiger partial charge in [-0.25, -0.2) is 0 Å². The molecular weight excluding hydrogens is 216 g/mol. The number of hydrogen-bond donors (Lipinski definition) is 0. The van der Waals surface area contributed by atoms with Gasteiger partial charge in [0.1, 0.15) is 0 Å². The fourth-order valence-corrected chi connectivity index (χ4v) is 2.45. The molecule has 3 rings (SSSR count). The minimum atomic E-state index is 1.21. The van der Waals surface area contributed by atoms with Gasteiger partial charge >= 0.3 is 0 Å². The molecule has 0 radical (unpaired) electrons. The summed E-state index contributed by atoms with van der Waals surface area (Å²) in [4.78, 5) is 0. The lowest BCUT2D eigenvalue weighted by Gasteiger charge is -1.93. The molecule has 0 atom stereocenters. The van der Waals surface area contributed by atoms with Gasteiger partial charge in [-0.15, -0.1) is 0 Å². The normalized spacial score (nSPS) is 12.5. The zero-order valence-corrected chi connectivity index (χ0v) is 11.2. The van der Waals surface area contributed by atoms with Crippen molar-refractivity contribution in [1.82, 2.24) is 0 Å². The summed E-state index contributed by atoms with van der Waals surface area (Å²) >= 11 is 0. The van der Waals surface area contributed by atoms with Crippen molar-refractivity contribution in [3.05, 3.63) is 71.3 Å². The Balaban J connectivity index is 0.000000134. The van der Waals surface area contributed by atoms with Gasteiger partial charge in [0, 0.05) is 0 Å². The second-order valence-electron chi connectivity index (χ2n) is 4.86. The van der Waals surface area contributed by atoms with Crippen LogP contribution in [-0.4, -0.2) is 0 Å². The SMILES string of the molecule is CCCc1ccccc1.c1ccc2c(c1)CCC2. The summed E-state index contributed by atoms with van der Waals surface area (Å²) in [5, 5.41) is 0. The average molecular weight is 238 g/mol. The minimum Gasteiger partial charge on any atom is -0.0651 e. The molecule has 0 aromatic heterocycles. The summed E-state index contributed by atoms with van der Waals surface area (Å²) in [6.07, 6.45) is 6.41. The lowest BCUT2D eigenvalue weighted by atomic mass is 10.1. The first-order valence-electron chi connectivity index (χ1n) is 7.01. The van der Waals surface area contributed by atoms with E-state index in [1.807, 2.05) is 0 Å². The Morgan fingerprint density at radius 1 is 0.778 bits per heavy atom. The van der Waals surface area contributed by atoms with E-state index < -0.39 is 0 Å². The second kappa shape index (κ2) is 7.00. The zero-order chi connectivity index (χ0) is 12.6. The van der Waals surface area contributed by atoms with Crippen molar-refractivity contribution in [2.75, 3.05) is 0 Å². The predicted octanol–water partition coefficient (Wildman–Crippen LogP) is 4.81. The average Bonchev–Trinajstić information content (AvgIpc) is 2.89. The molecular formula is C18H22. The van der Waals surface area contributed by atoms with E-state index in [0.29, 0.717) is 0 Å². The zero-order valence-electron chi connectivity index (χ0n) is 11.2. The number of aryl methyl sites for hydroxylation is 3. The van der Waals surface area contributed by atoms with Crippen LogP contribution in [0.4, 0.5) is 0 Å². The predicted molar refractivity (Wildman–Crippen MR) is 78.9 cm³/mol. The molecule has 94 valence electrons. The molecule has 1 aliphatic rings. The van der Waals surface area contributed by atoms with Crippen LogP contribution in [-0.2, 0) is 19.3 Å². The molecule has 0 saturated heterocycles. The van der Waals surface area contributed by atoms with Gasteiger partial charge in [-0.3, -0.25) is 0 Å². The second-order valence-corrected chi connectivity index (χ2v) is 4.86. The van der Waals surface area contributed by atoms with Crippen molar-refractivity contribution >= 4 is 0 Å². The monoisotopic (exact) mass is 238 g/mol. The summed E-state index contributed by atoms with van der Waals surface area (Å²) in [7, 11) is 0. The first-order chi connectivity index (χ1) is 8.90. The van der Waals surface area contributed by atoms with Crippen LogP contribution in [0.25, 0.3) is 0 Å². The molecule has 0 nitrogen and oxygen atoms in total. The Bertz CT molecular complexity index is 433. The smallest absolute Gasteiger partial charge is 0.0273 e. The molecule has 2 aromatic carbocycles. The van der Waals surface area contributed by atoms with E-state index in [1.54, 1.807) is 11.1 Å². The third-order valence-electron chi connectivity index (χ3n) is 3.39. The van der Waals surface area contributed by atoms with Gasteiger partial charge in [0.05, 0.1) is 0 Å². The lowest BCUT2D eigenvalue weighted by molar-refractivity contribution is 0.912. The van der Waals surface area contributed by atoms with Crippen LogP contribution in [0.3, 0.4) is 0 Å². The van der Waals surface area contributed by atoms with Crippen molar-refractivity contribution in [1.29, 1.82) is 0 Å². The Kier molecular flexibility index (Phi) is 5.01. The van der Waals surface area contributed by atoms with Crippen LogP contribution in [0.5, 0.6) is 0 Å². The Labute approximate surface area is 111 Å². The maximum atomic E-state index is 2.24. The maximum Gasteiger partial charge on any atom is -0.0273 e. The van der Waals surface area contributed by atoms with Gasteiger partial charge in [0.2, 0.25) is 0 Å². The quantitative estimate of drug-likeness (QED) is 0.704. The summed E-state index contributed by atoms with van der Waals surface area (Å²) in [5.41, 5.74) is 4.58. The maximum absolute atomic E-state index is 2.24. The van der Waals surface area contributed by atoms with Gasteiger partial charge in [0.15, 0.2) is 0 Å². The number of fused-ring (bicyclic) bond motifs is 1. The fraction of sp³-hybridized carbons (Fsp3) is 0.333. The largest absolute Gasteiger partial charge is 0.0651 e. The molecule has 0 bridgehead atoms. The van der Waals surface area contributed by atoms with Gasteiger partial charge in [-0.1, -0.05) is 67.9 Å². The van der Waals surface area contributed by atoms with Crippen LogP contribution in [0.1, 0.15) is 36.5 Å². The molecule has 0 amide bonds. The van der Waals surface area contributed by atoms with E-state index in [0.717, 1.165) is 0 Å². The van der Waals surface area contributed by atoms with E-state index >= 15 is 0 Å². The highest BCUT2D eigenvalue weighted by molar-refractivity contribution is 5.30. The van der Waals surface area contributed by atoms with E-state index in [-0.39, 0.29) is 0 Å². The molecule has 1 aliphatic carbocycles. The Hall–Kier alpha value is -1.56. The van der Waals surface area contributed by atoms with Crippen LogP contribution < -0.4 is 0 Å². The highest BCUT2D eigenvalue weighted by Gasteiger charge is 2.07. The number of rotatable bonds is 2. The number of benzene rings is 2. The van der Waals surface area contributed by atoms with Gasteiger partial charge in [-0.2, -0.15) is 0 Å². The topological polar surface area (TPSA) is 0 Å². The lowest BCUT2D eigenvalue weighted by Crippen LogP contribution is -1.78. The molecule has 0 unspecified atom stereocenters. The summed E-state index contributed by atoms with van der Waals surface area (Å²) in [6, 6.07) is 19.3. The molecule has 0 aliphatic heterocycles. The molecule has 0 N–H and O–H groups in total. The fourth-order valence-electron chi connectivity index (χ4n) is 2.45. The first-order valence-corrected chi connectivity index (χ1v) is 7.01. The first kappa shape index (κ1) is 12.9. The Morgan fingerprint density at radius 3 is 1.89 bits per heavy atom. The molecule has 0 fully saturated rings. The van der Waals surface area contributed by atoms with E-state index in [2.05, 4.69) is 61.5 Å². The summed E-state index contributed by atoms with van der Waals surface area (Å²) < 4.78 is 0. The molecule has 2 aromatic rings. The van der Waals surface area contributed by atoms with Gasteiger partial charge in [0.25, 0.3) is 0 Å². The Morgan fingerprint density at radius 2 is 1.33 bits per heavy atom. The van der Waals surface area contributed by atoms with Gasteiger partial charge in [-0.05, 0) is 42.4 Å². The summed E-state index contributed by atoms with van der Waals surface area (Å²) in [5.74, 6) is 0. The van der Waals surface area contributed by atoms with E-state index in [9.17, 15) is 0 Å². The van der Waals surface area contributed by atoms with E-state index in [4.69, 9.17) is 0 Å². The molecule has 0 heterocycles. The van der Waals surface area contributed by atoms with Crippen LogP contribution >= 0.6 is 0 Å². The van der Waals surface area contributed by atoms with Crippen molar-refractivity contribution in [3.63, 3.8) is 0 Å².